The Morgan fingerprint density at radius 2 is 2.12 bits per heavy atom. The SMILES string of the molecule is CCOC(=O)CCCOc1c(OC)cccc1C1N=C(NC#N)Nc2nc(N)c(C#N)c(N)c21. The van der Waals surface area contributed by atoms with E-state index in [1.165, 1.54) is 7.11 Å². The number of guanidine groups is 1. The molecule has 34 heavy (non-hydrogen) atoms. The number of aromatic nitrogens is 1. The van der Waals surface area contributed by atoms with E-state index in [1.807, 2.05) is 6.07 Å². The van der Waals surface area contributed by atoms with Gasteiger partial charge in [0.25, 0.3) is 0 Å². The Morgan fingerprint density at radius 3 is 2.79 bits per heavy atom. The largest absolute Gasteiger partial charge is 0.493 e. The second kappa shape index (κ2) is 10.7. The van der Waals surface area contributed by atoms with Gasteiger partial charge in [-0.1, -0.05) is 12.1 Å². The number of nitrogen functional groups attached to an aromatic ring is 2. The number of methoxy groups -OCH3 is 1. The minimum Gasteiger partial charge on any atom is -0.493 e. The Balaban J connectivity index is 2.05. The third-order valence-corrected chi connectivity index (χ3v) is 4.96. The first kappa shape index (κ1) is 23.9. The van der Waals surface area contributed by atoms with E-state index in [0.29, 0.717) is 35.7 Å². The molecule has 1 aliphatic heterocycles. The lowest BCUT2D eigenvalue weighted by atomic mass is 9.94. The topological polar surface area (TPSA) is 194 Å². The molecule has 0 saturated carbocycles. The first-order valence-corrected chi connectivity index (χ1v) is 10.4. The Labute approximate surface area is 196 Å². The van der Waals surface area contributed by atoms with Crippen molar-refractivity contribution in [3.63, 3.8) is 0 Å². The highest BCUT2D eigenvalue weighted by Crippen LogP contribution is 2.45. The van der Waals surface area contributed by atoms with Gasteiger partial charge in [0.1, 0.15) is 29.3 Å². The lowest BCUT2D eigenvalue weighted by molar-refractivity contribution is -0.143. The van der Waals surface area contributed by atoms with Gasteiger partial charge >= 0.3 is 5.97 Å². The highest BCUT2D eigenvalue weighted by Gasteiger charge is 2.32. The molecule has 176 valence electrons. The number of fused-ring (bicyclic) bond motifs is 1. The molecular formula is C22H24N8O4. The number of hydrogen-bond donors (Lipinski definition) is 4. The number of anilines is 3. The average Bonchev–Trinajstić information content (AvgIpc) is 2.81. The normalized spacial score (nSPS) is 13.9. The second-order valence-corrected chi connectivity index (χ2v) is 7.04. The van der Waals surface area contributed by atoms with Crippen LogP contribution in [0.5, 0.6) is 11.5 Å². The second-order valence-electron chi connectivity index (χ2n) is 7.04. The van der Waals surface area contributed by atoms with E-state index in [0.717, 1.165) is 0 Å². The molecule has 0 fully saturated rings. The molecule has 3 rings (SSSR count). The lowest BCUT2D eigenvalue weighted by Crippen LogP contribution is -2.33. The smallest absolute Gasteiger partial charge is 0.305 e. The zero-order chi connectivity index (χ0) is 24.7. The molecule has 0 aliphatic carbocycles. The van der Waals surface area contributed by atoms with Crippen molar-refractivity contribution in [1.29, 1.82) is 10.5 Å². The van der Waals surface area contributed by atoms with Gasteiger partial charge in [-0.2, -0.15) is 10.5 Å². The van der Waals surface area contributed by atoms with Crippen LogP contribution in [0.15, 0.2) is 23.2 Å². The number of esters is 1. The van der Waals surface area contributed by atoms with Gasteiger partial charge in [0, 0.05) is 17.5 Å². The molecule has 1 aliphatic rings. The van der Waals surface area contributed by atoms with Crippen LogP contribution in [-0.2, 0) is 9.53 Å². The highest BCUT2D eigenvalue weighted by atomic mass is 16.5. The van der Waals surface area contributed by atoms with Crippen molar-refractivity contribution in [3.05, 3.63) is 34.9 Å². The van der Waals surface area contributed by atoms with E-state index in [4.69, 9.17) is 30.9 Å². The molecule has 2 heterocycles. The molecule has 0 saturated heterocycles. The van der Waals surface area contributed by atoms with Gasteiger partial charge in [0.2, 0.25) is 5.96 Å². The van der Waals surface area contributed by atoms with Crippen LogP contribution in [0.4, 0.5) is 17.3 Å². The van der Waals surface area contributed by atoms with Crippen molar-refractivity contribution in [2.45, 2.75) is 25.8 Å². The molecule has 1 aromatic carbocycles. The Bertz CT molecular complexity index is 1200. The number of nitrogens with zero attached hydrogens (tertiary/aromatic N) is 4. The van der Waals surface area contributed by atoms with Crippen LogP contribution in [0.2, 0.25) is 0 Å². The lowest BCUT2D eigenvalue weighted by Gasteiger charge is -2.27. The van der Waals surface area contributed by atoms with Gasteiger partial charge < -0.3 is 31.0 Å². The minimum atomic E-state index is -0.803. The molecule has 0 radical (unpaired) electrons. The maximum atomic E-state index is 11.6. The fraction of sp³-hybridized carbons (Fsp3) is 0.318. The molecule has 12 heteroatoms. The van der Waals surface area contributed by atoms with Gasteiger partial charge in [-0.05, 0) is 19.4 Å². The minimum absolute atomic E-state index is 0.0252. The summed E-state index contributed by atoms with van der Waals surface area (Å²) >= 11 is 0. The number of aliphatic imine (C=N–C) groups is 1. The molecule has 12 nitrogen and oxygen atoms in total. The van der Waals surface area contributed by atoms with Crippen molar-refractivity contribution in [1.82, 2.24) is 10.3 Å². The first-order valence-electron chi connectivity index (χ1n) is 10.4. The monoisotopic (exact) mass is 464 g/mol. The van der Waals surface area contributed by atoms with Crippen molar-refractivity contribution in [2.75, 3.05) is 37.1 Å². The number of rotatable bonds is 8. The standard InChI is InChI=1S/C22H24N8O4/c1-3-33-15(31)8-5-9-34-19-12(6-4-7-14(19)32-2)18-16-17(25)13(10-23)20(26)29-21(16)30-22(28-18)27-11-24/h4,6-7,18H,3,5,8-9H2,1-2H3,(H6,25,26,27,28,29,30). The van der Waals surface area contributed by atoms with Crippen LogP contribution >= 0.6 is 0 Å². The molecule has 1 aromatic heterocycles. The van der Waals surface area contributed by atoms with E-state index in [2.05, 4.69) is 20.6 Å². The molecule has 0 spiro atoms. The van der Waals surface area contributed by atoms with Crippen LogP contribution in [0.3, 0.4) is 0 Å². The van der Waals surface area contributed by atoms with Crippen molar-refractivity contribution < 1.29 is 19.0 Å². The highest BCUT2D eigenvalue weighted by molar-refractivity contribution is 5.98. The number of benzene rings is 1. The van der Waals surface area contributed by atoms with Gasteiger partial charge in [0.05, 0.1) is 26.0 Å². The quantitative estimate of drug-likeness (QED) is 0.192. The molecule has 1 atom stereocenters. The Morgan fingerprint density at radius 1 is 1.32 bits per heavy atom. The molecule has 1 unspecified atom stereocenters. The van der Waals surface area contributed by atoms with Crippen LogP contribution in [0.25, 0.3) is 0 Å². The van der Waals surface area contributed by atoms with Crippen molar-refractivity contribution >= 4 is 29.3 Å². The summed E-state index contributed by atoms with van der Waals surface area (Å²) in [6.45, 7) is 2.26. The van der Waals surface area contributed by atoms with Crippen LogP contribution in [-0.4, -0.2) is 37.2 Å². The Kier molecular flexibility index (Phi) is 7.56. The fourth-order valence-electron chi connectivity index (χ4n) is 3.49. The summed E-state index contributed by atoms with van der Waals surface area (Å²) in [6.07, 6.45) is 2.42. The summed E-state index contributed by atoms with van der Waals surface area (Å²) in [6, 6.07) is 6.39. The summed E-state index contributed by atoms with van der Waals surface area (Å²) in [5.41, 5.74) is 13.3. The van der Waals surface area contributed by atoms with E-state index in [9.17, 15) is 10.1 Å². The fourth-order valence-corrected chi connectivity index (χ4v) is 3.49. The van der Waals surface area contributed by atoms with Gasteiger partial charge in [0.15, 0.2) is 17.7 Å². The number of hydrogen-bond acceptors (Lipinski definition) is 12. The predicted molar refractivity (Wildman–Crippen MR) is 124 cm³/mol. The summed E-state index contributed by atoms with van der Waals surface area (Å²) in [4.78, 5) is 20.4. The van der Waals surface area contributed by atoms with Gasteiger partial charge in [-0.3, -0.25) is 10.1 Å². The summed E-state index contributed by atoms with van der Waals surface area (Å²) < 4.78 is 16.4. The van der Waals surface area contributed by atoms with Crippen molar-refractivity contribution in [3.8, 4) is 23.8 Å². The number of ether oxygens (including phenoxy) is 3. The number of para-hydroxylation sites is 1. The third kappa shape index (κ3) is 4.86. The zero-order valence-corrected chi connectivity index (χ0v) is 18.7. The van der Waals surface area contributed by atoms with Crippen molar-refractivity contribution in [2.24, 2.45) is 4.99 Å². The molecular weight excluding hydrogens is 440 g/mol. The molecule has 2 aromatic rings. The summed E-state index contributed by atoms with van der Waals surface area (Å²) in [5, 5.41) is 23.9. The number of nitrogens with two attached hydrogens (primary N) is 2. The van der Waals surface area contributed by atoms with Gasteiger partial charge in [-0.25, -0.2) is 9.98 Å². The molecule has 0 bridgehead atoms. The van der Waals surface area contributed by atoms with E-state index >= 15 is 0 Å². The number of pyridine rings is 1. The Hall–Kier alpha value is -4.71. The van der Waals surface area contributed by atoms with E-state index in [-0.39, 0.29) is 47.8 Å². The molecule has 0 amide bonds. The predicted octanol–water partition coefficient (Wildman–Crippen LogP) is 1.79. The number of carbonyl (C=O) groups excluding carboxylic acids is 1. The number of nitrogens with one attached hydrogen (secondary N) is 2. The first-order chi connectivity index (χ1) is 16.4. The van der Waals surface area contributed by atoms with E-state index in [1.54, 1.807) is 31.3 Å². The third-order valence-electron chi connectivity index (χ3n) is 4.96. The van der Waals surface area contributed by atoms with Gasteiger partial charge in [-0.15, -0.1) is 0 Å². The number of nitriles is 2. The maximum Gasteiger partial charge on any atom is 0.305 e. The summed E-state index contributed by atoms with van der Waals surface area (Å²) in [5.74, 6) is 0.817. The van der Waals surface area contributed by atoms with Crippen LogP contribution in [0.1, 0.15) is 42.5 Å². The van der Waals surface area contributed by atoms with E-state index < -0.39 is 6.04 Å². The maximum absolute atomic E-state index is 11.6. The molecule has 6 N–H and O–H groups in total. The van der Waals surface area contributed by atoms with Crippen LogP contribution in [0, 0.1) is 22.8 Å². The average molecular weight is 464 g/mol. The number of carbonyl (C=O) groups is 1. The summed E-state index contributed by atoms with van der Waals surface area (Å²) in [7, 11) is 1.50. The van der Waals surface area contributed by atoms with Crippen LogP contribution < -0.4 is 31.6 Å². The zero-order valence-electron chi connectivity index (χ0n) is 18.7.